The van der Waals surface area contributed by atoms with Crippen LogP contribution in [0, 0.1) is 17.2 Å². The molecule has 0 unspecified atom stereocenters. The number of rotatable bonds is 8. The van der Waals surface area contributed by atoms with Crippen molar-refractivity contribution in [1.82, 2.24) is 10.3 Å². The van der Waals surface area contributed by atoms with Crippen molar-refractivity contribution in [2.45, 2.75) is 50.0 Å². The van der Waals surface area contributed by atoms with E-state index in [1.54, 1.807) is 18.0 Å². The highest BCUT2D eigenvalue weighted by atomic mass is 32.2. The molecular weight excluding hydrogens is 371 g/mol. The summed E-state index contributed by atoms with van der Waals surface area (Å²) in [6.07, 6.45) is 10.1. The van der Waals surface area contributed by atoms with Crippen molar-refractivity contribution in [3.63, 3.8) is 0 Å². The minimum absolute atomic E-state index is 0.00106. The van der Waals surface area contributed by atoms with Gasteiger partial charge in [-0.05, 0) is 91.9 Å². The molecule has 1 aromatic heterocycles. The van der Waals surface area contributed by atoms with Gasteiger partial charge in [0.05, 0.1) is 5.56 Å². The lowest BCUT2D eigenvalue weighted by atomic mass is 9.84. The van der Waals surface area contributed by atoms with Gasteiger partial charge in [-0.2, -0.15) is 0 Å². The maximum atomic E-state index is 13.0. The van der Waals surface area contributed by atoms with Gasteiger partial charge in [-0.25, -0.2) is 9.37 Å². The van der Waals surface area contributed by atoms with Crippen molar-refractivity contribution in [2.24, 2.45) is 11.3 Å². The first kappa shape index (κ1) is 19.4. The van der Waals surface area contributed by atoms with Crippen LogP contribution in [0.4, 0.5) is 4.39 Å². The number of benzene rings is 1. The molecule has 148 valence electrons. The minimum Gasteiger partial charge on any atom is -0.351 e. The van der Waals surface area contributed by atoms with Crippen LogP contribution < -0.4 is 5.32 Å². The maximum absolute atomic E-state index is 13.0. The summed E-state index contributed by atoms with van der Waals surface area (Å²) in [6, 6.07) is 10.4. The molecule has 4 rings (SSSR count). The molecule has 3 nitrogen and oxygen atoms in total. The highest BCUT2D eigenvalue weighted by molar-refractivity contribution is 7.99. The van der Waals surface area contributed by atoms with Crippen LogP contribution >= 0.6 is 11.8 Å². The number of carbonyl (C=O) groups is 1. The average molecular weight is 399 g/mol. The second-order valence-corrected chi connectivity index (χ2v) is 9.35. The predicted molar refractivity (Wildman–Crippen MR) is 111 cm³/mol. The quantitative estimate of drug-likeness (QED) is 0.487. The van der Waals surface area contributed by atoms with Gasteiger partial charge in [0, 0.05) is 12.7 Å². The minimum atomic E-state index is -0.201. The Labute approximate surface area is 170 Å². The Morgan fingerprint density at radius 2 is 2.00 bits per heavy atom. The van der Waals surface area contributed by atoms with Crippen LogP contribution in [-0.2, 0) is 6.42 Å². The molecule has 2 aliphatic carbocycles. The van der Waals surface area contributed by atoms with Crippen LogP contribution in [0.5, 0.6) is 0 Å². The first-order valence-corrected chi connectivity index (χ1v) is 11.2. The fraction of sp³-hybridized carbons (Fsp3) is 0.478. The van der Waals surface area contributed by atoms with Crippen molar-refractivity contribution < 1.29 is 9.18 Å². The molecule has 0 atom stereocenters. The van der Waals surface area contributed by atoms with Crippen LogP contribution in [-0.4, -0.2) is 23.2 Å². The molecule has 1 N–H and O–H groups in total. The first-order chi connectivity index (χ1) is 13.6. The van der Waals surface area contributed by atoms with Gasteiger partial charge in [0.25, 0.3) is 5.91 Å². The van der Waals surface area contributed by atoms with Gasteiger partial charge < -0.3 is 5.32 Å². The fourth-order valence-corrected chi connectivity index (χ4v) is 5.63. The van der Waals surface area contributed by atoms with Gasteiger partial charge in [-0.15, -0.1) is 11.8 Å². The molecule has 1 aromatic carbocycles. The van der Waals surface area contributed by atoms with Gasteiger partial charge in [-0.1, -0.05) is 12.1 Å². The third kappa shape index (κ3) is 4.57. The highest BCUT2D eigenvalue weighted by Crippen LogP contribution is 2.53. The number of nitrogens with zero attached hydrogens (tertiary/aromatic N) is 1. The number of pyridine rings is 1. The highest BCUT2D eigenvalue weighted by Gasteiger charge is 2.44. The number of aryl methyl sites for hydroxylation is 1. The van der Waals surface area contributed by atoms with Crippen LogP contribution in [0.25, 0.3) is 0 Å². The normalized spacial score (nSPS) is 23.1. The lowest BCUT2D eigenvalue weighted by Crippen LogP contribution is -2.35. The monoisotopic (exact) mass is 398 g/mol. The molecule has 2 aliphatic rings. The summed E-state index contributed by atoms with van der Waals surface area (Å²) in [6.45, 7) is 0.798. The number of fused-ring (bicyclic) bond motifs is 2. The van der Waals surface area contributed by atoms with E-state index in [-0.39, 0.29) is 11.7 Å². The Morgan fingerprint density at radius 3 is 2.71 bits per heavy atom. The number of amides is 1. The molecule has 1 heterocycles. The molecular formula is C23H27FN2OS. The van der Waals surface area contributed by atoms with E-state index < -0.39 is 0 Å². The third-order valence-corrected chi connectivity index (χ3v) is 7.38. The number of nitrogens with one attached hydrogen (secondary N) is 1. The molecule has 1 amide bonds. The number of halogens is 1. The third-order valence-electron chi connectivity index (χ3n) is 6.29. The number of carbonyl (C=O) groups excluding carboxylic acids is 1. The lowest BCUT2D eigenvalue weighted by Gasteiger charge is -2.26. The summed E-state index contributed by atoms with van der Waals surface area (Å²) < 4.78 is 13.0. The number of hydrogen-bond donors (Lipinski definition) is 1. The molecule has 0 aliphatic heterocycles. The number of hydrogen-bond acceptors (Lipinski definition) is 3. The van der Waals surface area contributed by atoms with Crippen LogP contribution in [0.2, 0.25) is 0 Å². The van der Waals surface area contributed by atoms with Crippen molar-refractivity contribution in [2.75, 3.05) is 12.3 Å². The number of thioether (sulfide) groups is 1. The van der Waals surface area contributed by atoms with Gasteiger partial charge in [0.15, 0.2) is 0 Å². The summed E-state index contributed by atoms with van der Waals surface area (Å²) in [7, 11) is 0. The van der Waals surface area contributed by atoms with Gasteiger partial charge >= 0.3 is 0 Å². The summed E-state index contributed by atoms with van der Waals surface area (Å²) >= 11 is 1.62. The average Bonchev–Trinajstić information content (AvgIpc) is 3.33. The molecule has 2 fully saturated rings. The topological polar surface area (TPSA) is 42.0 Å². The van der Waals surface area contributed by atoms with Crippen LogP contribution in [0.15, 0.2) is 47.6 Å². The van der Waals surface area contributed by atoms with Crippen LogP contribution in [0.3, 0.4) is 0 Å². The van der Waals surface area contributed by atoms with E-state index in [0.29, 0.717) is 11.0 Å². The summed E-state index contributed by atoms with van der Waals surface area (Å²) in [5.74, 6) is 1.56. The van der Waals surface area contributed by atoms with E-state index in [2.05, 4.69) is 10.3 Å². The van der Waals surface area contributed by atoms with E-state index in [9.17, 15) is 9.18 Å². The van der Waals surface area contributed by atoms with Gasteiger partial charge in [-0.3, -0.25) is 4.79 Å². The van der Waals surface area contributed by atoms with Gasteiger partial charge in [0.2, 0.25) is 0 Å². The van der Waals surface area contributed by atoms with Crippen molar-refractivity contribution in [3.05, 3.63) is 59.5 Å². The predicted octanol–water partition coefficient (Wildman–Crippen LogP) is 5.26. The Bertz CT molecular complexity index is 816. The zero-order valence-electron chi connectivity index (χ0n) is 16.1. The SMILES string of the molecule is O=C(NCC12CCC(CC1)C2)c1cccnc1SCCCc1ccc(F)cc1. The molecule has 0 spiro atoms. The second kappa shape index (κ2) is 8.64. The Balaban J connectivity index is 1.29. The van der Waals surface area contributed by atoms with Crippen molar-refractivity contribution >= 4 is 17.7 Å². The zero-order valence-corrected chi connectivity index (χ0v) is 16.9. The molecule has 0 radical (unpaired) electrons. The summed E-state index contributed by atoms with van der Waals surface area (Å²) in [5, 5.41) is 3.99. The Kier molecular flexibility index (Phi) is 6.00. The van der Waals surface area contributed by atoms with Crippen LogP contribution in [0.1, 0.15) is 54.4 Å². The maximum Gasteiger partial charge on any atom is 0.254 e. The van der Waals surface area contributed by atoms with E-state index in [1.165, 1.54) is 44.2 Å². The molecule has 2 saturated carbocycles. The Hall–Kier alpha value is -1.88. The largest absolute Gasteiger partial charge is 0.351 e. The molecule has 28 heavy (non-hydrogen) atoms. The van der Waals surface area contributed by atoms with E-state index >= 15 is 0 Å². The summed E-state index contributed by atoms with van der Waals surface area (Å²) in [4.78, 5) is 17.2. The number of aromatic nitrogens is 1. The van der Waals surface area contributed by atoms with E-state index in [0.717, 1.165) is 41.6 Å². The van der Waals surface area contributed by atoms with Crippen molar-refractivity contribution in [1.29, 1.82) is 0 Å². The first-order valence-electron chi connectivity index (χ1n) is 10.2. The van der Waals surface area contributed by atoms with E-state index in [1.807, 2.05) is 24.3 Å². The van der Waals surface area contributed by atoms with E-state index in [4.69, 9.17) is 0 Å². The molecule has 5 heteroatoms. The Morgan fingerprint density at radius 1 is 1.21 bits per heavy atom. The smallest absolute Gasteiger partial charge is 0.254 e. The zero-order chi connectivity index (χ0) is 19.4. The fourth-order valence-electron chi connectivity index (χ4n) is 4.70. The second-order valence-electron chi connectivity index (χ2n) is 8.26. The van der Waals surface area contributed by atoms with Crippen molar-refractivity contribution in [3.8, 4) is 0 Å². The summed E-state index contributed by atoms with van der Waals surface area (Å²) in [5.41, 5.74) is 2.16. The van der Waals surface area contributed by atoms with Gasteiger partial charge in [0.1, 0.15) is 10.8 Å². The standard InChI is InChI=1S/C23H27FN2OS/c24-19-7-5-17(6-8-19)3-2-14-28-22-20(4-1-13-25-22)21(27)26-16-23-11-9-18(15-23)10-12-23/h1,4-8,13,18H,2-3,9-12,14-16H2,(H,26,27). The lowest BCUT2D eigenvalue weighted by molar-refractivity contribution is 0.0927. The molecule has 2 aromatic rings. The molecule has 2 bridgehead atoms. The molecule has 0 saturated heterocycles.